The molecular formula is C13H16ClNO2. The van der Waals surface area contributed by atoms with E-state index in [0.717, 1.165) is 37.2 Å². The molecule has 4 heteroatoms. The molecule has 0 spiro atoms. The third-order valence-electron chi connectivity index (χ3n) is 3.12. The number of hydrogen-bond acceptors (Lipinski definition) is 3. The molecule has 0 unspecified atom stereocenters. The predicted molar refractivity (Wildman–Crippen MR) is 70.0 cm³/mol. The summed E-state index contributed by atoms with van der Waals surface area (Å²) in [5.74, 6) is 1.01. The minimum absolute atomic E-state index is 0. The molecule has 0 saturated carbocycles. The monoisotopic (exact) mass is 253 g/mol. The molecule has 2 aromatic rings. The molecule has 92 valence electrons. The van der Waals surface area contributed by atoms with E-state index in [1.165, 1.54) is 16.5 Å². The van der Waals surface area contributed by atoms with Gasteiger partial charge in [-0.3, -0.25) is 0 Å². The lowest BCUT2D eigenvalue weighted by Crippen LogP contribution is -2.09. The first-order valence-electron chi connectivity index (χ1n) is 5.75. The summed E-state index contributed by atoms with van der Waals surface area (Å²) in [6.45, 7) is 1.47. The predicted octanol–water partition coefficient (Wildman–Crippen LogP) is 2.68. The number of aryl methyl sites for hydroxylation is 1. The van der Waals surface area contributed by atoms with Crippen LogP contribution in [0.1, 0.15) is 17.5 Å². The Hall–Kier alpha value is -1.19. The van der Waals surface area contributed by atoms with Gasteiger partial charge in [-0.1, -0.05) is 0 Å². The molecule has 0 fully saturated rings. The van der Waals surface area contributed by atoms with Crippen LogP contribution in [0.3, 0.4) is 0 Å². The number of nitrogens with two attached hydrogens (primary N) is 1. The fourth-order valence-corrected chi connectivity index (χ4v) is 2.40. The molecule has 17 heavy (non-hydrogen) atoms. The number of halogens is 1. The van der Waals surface area contributed by atoms with Crippen molar-refractivity contribution >= 4 is 23.4 Å². The molecule has 1 aromatic heterocycles. The second kappa shape index (κ2) is 4.98. The minimum atomic E-state index is 0. The number of benzene rings is 1. The van der Waals surface area contributed by atoms with Crippen LogP contribution in [0, 0.1) is 0 Å². The van der Waals surface area contributed by atoms with Gasteiger partial charge < -0.3 is 14.9 Å². The summed E-state index contributed by atoms with van der Waals surface area (Å²) in [6, 6.07) is 3.99. The number of hydrogen-bond donors (Lipinski definition) is 1. The first kappa shape index (κ1) is 12.3. The van der Waals surface area contributed by atoms with Crippen molar-refractivity contribution in [2.45, 2.75) is 19.3 Å². The van der Waals surface area contributed by atoms with Gasteiger partial charge in [0.05, 0.1) is 12.9 Å². The first-order valence-corrected chi connectivity index (χ1v) is 5.75. The van der Waals surface area contributed by atoms with Crippen molar-refractivity contribution in [2.75, 3.05) is 13.2 Å². The lowest BCUT2D eigenvalue weighted by atomic mass is 9.98. The fraction of sp³-hybridized carbons (Fsp3) is 0.385. The van der Waals surface area contributed by atoms with E-state index in [1.54, 1.807) is 0 Å². The Bertz CT molecular complexity index is 521. The van der Waals surface area contributed by atoms with Crippen molar-refractivity contribution in [1.82, 2.24) is 0 Å². The highest BCUT2D eigenvalue weighted by molar-refractivity contribution is 5.87. The molecule has 0 amide bonds. The summed E-state index contributed by atoms with van der Waals surface area (Å²) >= 11 is 0. The van der Waals surface area contributed by atoms with Gasteiger partial charge in [0.25, 0.3) is 0 Å². The van der Waals surface area contributed by atoms with E-state index >= 15 is 0 Å². The lowest BCUT2D eigenvalue weighted by Gasteiger charge is -2.18. The Morgan fingerprint density at radius 3 is 3.00 bits per heavy atom. The third-order valence-corrected chi connectivity index (χ3v) is 3.12. The third kappa shape index (κ3) is 2.01. The van der Waals surface area contributed by atoms with E-state index in [9.17, 15) is 0 Å². The first-order chi connectivity index (χ1) is 7.90. The summed E-state index contributed by atoms with van der Waals surface area (Å²) in [6.07, 6.45) is 4.85. The molecule has 1 aliphatic heterocycles. The molecule has 0 aliphatic carbocycles. The molecular weight excluding hydrogens is 238 g/mol. The Kier molecular flexibility index (Phi) is 3.60. The largest absolute Gasteiger partial charge is 0.493 e. The van der Waals surface area contributed by atoms with Crippen molar-refractivity contribution in [2.24, 2.45) is 5.73 Å². The van der Waals surface area contributed by atoms with Crippen LogP contribution >= 0.6 is 12.4 Å². The van der Waals surface area contributed by atoms with E-state index in [2.05, 4.69) is 0 Å². The Morgan fingerprint density at radius 1 is 1.29 bits per heavy atom. The summed E-state index contributed by atoms with van der Waals surface area (Å²) in [5.41, 5.74) is 9.07. The van der Waals surface area contributed by atoms with E-state index in [-0.39, 0.29) is 12.4 Å². The Labute approximate surface area is 106 Å². The van der Waals surface area contributed by atoms with Crippen LogP contribution in [-0.2, 0) is 12.8 Å². The van der Waals surface area contributed by atoms with Gasteiger partial charge in [-0.05, 0) is 43.5 Å². The number of furan rings is 1. The van der Waals surface area contributed by atoms with E-state index < -0.39 is 0 Å². The van der Waals surface area contributed by atoms with Crippen LogP contribution in [0.2, 0.25) is 0 Å². The molecule has 0 radical (unpaired) electrons. The zero-order chi connectivity index (χ0) is 11.0. The number of rotatable bonds is 2. The summed E-state index contributed by atoms with van der Waals surface area (Å²) < 4.78 is 11.2. The van der Waals surface area contributed by atoms with Crippen molar-refractivity contribution in [3.05, 3.63) is 29.5 Å². The fourth-order valence-electron chi connectivity index (χ4n) is 2.40. The number of ether oxygens (including phenoxy) is 1. The maximum atomic E-state index is 5.66. The normalized spacial score (nSPS) is 13.9. The average molecular weight is 254 g/mol. The molecule has 3 rings (SSSR count). The lowest BCUT2D eigenvalue weighted by molar-refractivity contribution is 0.289. The summed E-state index contributed by atoms with van der Waals surface area (Å²) in [4.78, 5) is 0. The average Bonchev–Trinajstić information content (AvgIpc) is 2.73. The molecule has 2 N–H and O–H groups in total. The zero-order valence-electron chi connectivity index (χ0n) is 9.57. The van der Waals surface area contributed by atoms with Crippen LogP contribution < -0.4 is 10.5 Å². The number of fused-ring (bicyclic) bond motifs is 3. The molecule has 3 nitrogen and oxygen atoms in total. The van der Waals surface area contributed by atoms with E-state index in [4.69, 9.17) is 14.9 Å². The highest BCUT2D eigenvalue weighted by atomic mass is 35.5. The minimum Gasteiger partial charge on any atom is -0.493 e. The maximum Gasteiger partial charge on any atom is 0.134 e. The topological polar surface area (TPSA) is 48.4 Å². The van der Waals surface area contributed by atoms with Crippen LogP contribution in [0.5, 0.6) is 5.75 Å². The zero-order valence-corrected chi connectivity index (χ0v) is 10.4. The van der Waals surface area contributed by atoms with Crippen molar-refractivity contribution in [3.63, 3.8) is 0 Å². The second-order valence-electron chi connectivity index (χ2n) is 4.17. The van der Waals surface area contributed by atoms with Gasteiger partial charge in [0, 0.05) is 10.9 Å². The van der Waals surface area contributed by atoms with Gasteiger partial charge in [0.2, 0.25) is 0 Å². The van der Waals surface area contributed by atoms with Gasteiger partial charge in [0.1, 0.15) is 11.3 Å². The SMILES string of the molecule is Cl.NCCc1coc2ccc3c(c12)CCCO3. The van der Waals surface area contributed by atoms with Crippen LogP contribution in [0.15, 0.2) is 22.8 Å². The van der Waals surface area contributed by atoms with Crippen LogP contribution in [0.25, 0.3) is 11.0 Å². The maximum absolute atomic E-state index is 5.66. The van der Waals surface area contributed by atoms with Crippen molar-refractivity contribution in [1.29, 1.82) is 0 Å². The molecule has 1 aliphatic rings. The summed E-state index contributed by atoms with van der Waals surface area (Å²) in [7, 11) is 0. The Balaban J connectivity index is 0.00000108. The summed E-state index contributed by atoms with van der Waals surface area (Å²) in [5, 5.41) is 1.22. The highest BCUT2D eigenvalue weighted by Gasteiger charge is 2.17. The van der Waals surface area contributed by atoms with Crippen LogP contribution in [-0.4, -0.2) is 13.2 Å². The quantitative estimate of drug-likeness (QED) is 0.895. The molecule has 0 atom stereocenters. The van der Waals surface area contributed by atoms with E-state index in [1.807, 2.05) is 18.4 Å². The second-order valence-corrected chi connectivity index (χ2v) is 4.17. The molecule has 1 aromatic carbocycles. The molecule has 0 saturated heterocycles. The Morgan fingerprint density at radius 2 is 2.18 bits per heavy atom. The van der Waals surface area contributed by atoms with Gasteiger partial charge in [-0.25, -0.2) is 0 Å². The van der Waals surface area contributed by atoms with Gasteiger partial charge in [0.15, 0.2) is 0 Å². The highest BCUT2D eigenvalue weighted by Crippen LogP contribution is 2.35. The molecule has 2 heterocycles. The standard InChI is InChI=1S/C13H15NO2.ClH/c14-6-5-9-8-16-12-4-3-11-10(13(9)12)2-1-7-15-11;/h3-4,8H,1-2,5-7,14H2;1H. The van der Waals surface area contributed by atoms with Crippen molar-refractivity contribution in [3.8, 4) is 5.75 Å². The van der Waals surface area contributed by atoms with E-state index in [0.29, 0.717) is 6.54 Å². The van der Waals surface area contributed by atoms with Gasteiger partial charge >= 0.3 is 0 Å². The molecule has 0 bridgehead atoms. The van der Waals surface area contributed by atoms with Gasteiger partial charge in [-0.2, -0.15) is 0 Å². The van der Waals surface area contributed by atoms with Crippen molar-refractivity contribution < 1.29 is 9.15 Å². The smallest absolute Gasteiger partial charge is 0.134 e. The van der Waals surface area contributed by atoms with Crippen LogP contribution in [0.4, 0.5) is 0 Å². The van der Waals surface area contributed by atoms with Gasteiger partial charge in [-0.15, -0.1) is 12.4 Å².